The largest absolute Gasteiger partial charge is 0.392 e. The summed E-state index contributed by atoms with van der Waals surface area (Å²) in [4.78, 5) is 18.5. The summed E-state index contributed by atoms with van der Waals surface area (Å²) in [6.45, 7) is 6.13. The summed E-state index contributed by atoms with van der Waals surface area (Å²) in [7, 11) is 0. The van der Waals surface area contributed by atoms with Crippen LogP contribution in [0.4, 0.5) is 0 Å². The highest BCUT2D eigenvalue weighted by molar-refractivity contribution is 7.80. The van der Waals surface area contributed by atoms with Crippen molar-refractivity contribution in [1.29, 1.82) is 0 Å². The van der Waals surface area contributed by atoms with Gasteiger partial charge in [-0.15, -0.1) is 11.3 Å². The van der Waals surface area contributed by atoms with Gasteiger partial charge in [0.05, 0.1) is 16.9 Å². The van der Waals surface area contributed by atoms with Crippen LogP contribution in [0.5, 0.6) is 0 Å². The Morgan fingerprint density at radius 1 is 1.30 bits per heavy atom. The molecule has 0 spiro atoms. The number of nitrogens with two attached hydrogens (primary N) is 1. The maximum absolute atomic E-state index is 12.9. The average Bonchev–Trinajstić information content (AvgIpc) is 2.87. The molecule has 3 aromatic rings. The number of hydrogen-bond donors (Lipinski definition) is 1. The minimum atomic E-state index is -0.0866. The molecular weight excluding hydrogens is 326 g/mol. The number of rotatable bonds is 3. The maximum atomic E-state index is 12.9. The highest BCUT2D eigenvalue weighted by Gasteiger charge is 2.16. The van der Waals surface area contributed by atoms with Gasteiger partial charge in [0.25, 0.3) is 5.56 Å². The van der Waals surface area contributed by atoms with E-state index in [4.69, 9.17) is 18.0 Å². The molecule has 4 nitrogen and oxygen atoms in total. The lowest BCUT2D eigenvalue weighted by atomic mass is 9.99. The van der Waals surface area contributed by atoms with Crippen LogP contribution in [-0.2, 0) is 6.54 Å². The van der Waals surface area contributed by atoms with Crippen molar-refractivity contribution < 1.29 is 0 Å². The van der Waals surface area contributed by atoms with Crippen LogP contribution in [0.15, 0.2) is 28.4 Å². The van der Waals surface area contributed by atoms with E-state index in [9.17, 15) is 4.79 Å². The third kappa shape index (κ3) is 2.80. The van der Waals surface area contributed by atoms with Crippen molar-refractivity contribution in [3.63, 3.8) is 0 Å². The zero-order chi connectivity index (χ0) is 16.7. The van der Waals surface area contributed by atoms with E-state index < -0.39 is 0 Å². The molecule has 2 N–H and O–H groups in total. The smallest absolute Gasteiger partial charge is 0.263 e. The Hall–Kier alpha value is -2.05. The second kappa shape index (κ2) is 5.86. The number of nitrogens with zero attached hydrogens (tertiary/aromatic N) is 2. The van der Waals surface area contributed by atoms with Crippen molar-refractivity contribution in [1.82, 2.24) is 9.55 Å². The van der Waals surface area contributed by atoms with Gasteiger partial charge in [-0.3, -0.25) is 9.36 Å². The lowest BCUT2D eigenvalue weighted by Crippen LogP contribution is -2.29. The summed E-state index contributed by atoms with van der Waals surface area (Å²) in [5.41, 5.74) is 9.86. The maximum Gasteiger partial charge on any atom is 0.263 e. The van der Waals surface area contributed by atoms with Crippen LogP contribution < -0.4 is 11.3 Å². The van der Waals surface area contributed by atoms with E-state index in [1.807, 2.05) is 5.38 Å². The fraction of sp³-hybridized carbons (Fsp3) is 0.235. The Morgan fingerprint density at radius 3 is 2.70 bits per heavy atom. The molecule has 0 aliphatic rings. The number of aryl methyl sites for hydroxylation is 3. The normalized spacial score (nSPS) is 11.1. The summed E-state index contributed by atoms with van der Waals surface area (Å²) in [5.74, 6) is 0.629. The van der Waals surface area contributed by atoms with Crippen LogP contribution in [0.25, 0.3) is 21.3 Å². The summed E-state index contributed by atoms with van der Waals surface area (Å²) in [6.07, 6.45) is 0. The molecule has 0 aliphatic carbocycles. The first-order valence-electron chi connectivity index (χ1n) is 7.23. The Kier molecular flexibility index (Phi) is 4.04. The molecule has 3 rings (SSSR count). The molecule has 2 heterocycles. The number of aromatic nitrogens is 2. The van der Waals surface area contributed by atoms with Crippen LogP contribution in [-0.4, -0.2) is 14.5 Å². The highest BCUT2D eigenvalue weighted by atomic mass is 32.1. The van der Waals surface area contributed by atoms with Crippen molar-refractivity contribution >= 4 is 38.8 Å². The average molecular weight is 343 g/mol. The van der Waals surface area contributed by atoms with E-state index in [2.05, 4.69) is 37.0 Å². The predicted molar refractivity (Wildman–Crippen MR) is 100 cm³/mol. The predicted octanol–water partition coefficient (Wildman–Crippen LogP) is 3.34. The van der Waals surface area contributed by atoms with Gasteiger partial charge >= 0.3 is 0 Å². The molecule has 0 radical (unpaired) electrons. The first kappa shape index (κ1) is 15.8. The molecule has 2 aromatic heterocycles. The van der Waals surface area contributed by atoms with Gasteiger partial charge in [0, 0.05) is 10.9 Å². The highest BCUT2D eigenvalue weighted by Crippen LogP contribution is 2.33. The lowest BCUT2D eigenvalue weighted by molar-refractivity contribution is 0.753. The summed E-state index contributed by atoms with van der Waals surface area (Å²) >= 11 is 6.44. The first-order chi connectivity index (χ1) is 10.9. The van der Waals surface area contributed by atoms with Crippen LogP contribution in [0.3, 0.4) is 0 Å². The Labute approximate surface area is 143 Å². The second-order valence-corrected chi connectivity index (χ2v) is 7.05. The van der Waals surface area contributed by atoms with E-state index in [-0.39, 0.29) is 17.1 Å². The van der Waals surface area contributed by atoms with Crippen LogP contribution in [0.2, 0.25) is 0 Å². The third-order valence-corrected chi connectivity index (χ3v) is 4.87. The van der Waals surface area contributed by atoms with E-state index in [1.54, 1.807) is 11.5 Å². The zero-order valence-corrected chi connectivity index (χ0v) is 14.8. The second-order valence-electron chi connectivity index (χ2n) is 5.66. The summed E-state index contributed by atoms with van der Waals surface area (Å²) < 4.78 is 1.55. The molecule has 23 heavy (non-hydrogen) atoms. The van der Waals surface area contributed by atoms with Gasteiger partial charge in [-0.25, -0.2) is 4.98 Å². The van der Waals surface area contributed by atoms with Gasteiger partial charge < -0.3 is 5.73 Å². The number of hydrogen-bond acceptors (Lipinski definition) is 4. The van der Waals surface area contributed by atoms with Crippen molar-refractivity contribution in [3.05, 3.63) is 50.9 Å². The lowest BCUT2D eigenvalue weighted by Gasteiger charge is -2.10. The number of thiophene rings is 1. The van der Waals surface area contributed by atoms with Crippen molar-refractivity contribution in [3.8, 4) is 11.1 Å². The van der Waals surface area contributed by atoms with Gasteiger partial charge in [0.15, 0.2) is 0 Å². The molecular formula is C17H17N3OS2. The molecule has 1 aromatic carbocycles. The monoisotopic (exact) mass is 343 g/mol. The minimum absolute atomic E-state index is 0.0866. The Balaban J connectivity index is 2.31. The third-order valence-electron chi connectivity index (χ3n) is 3.87. The molecule has 6 heteroatoms. The zero-order valence-electron chi connectivity index (χ0n) is 13.2. The molecule has 0 saturated carbocycles. The SMILES string of the molecule is Cc1ccc(-c2csc3nc(C)n(CC(N)=S)c(=O)c23)c(C)c1. The molecule has 0 aliphatic heterocycles. The van der Waals surface area contributed by atoms with Crippen molar-refractivity contribution in [2.24, 2.45) is 5.73 Å². The number of benzene rings is 1. The van der Waals surface area contributed by atoms with E-state index in [0.717, 1.165) is 21.5 Å². The summed E-state index contributed by atoms with van der Waals surface area (Å²) in [6, 6.07) is 6.23. The van der Waals surface area contributed by atoms with Crippen LogP contribution >= 0.6 is 23.6 Å². The van der Waals surface area contributed by atoms with Crippen molar-refractivity contribution in [2.75, 3.05) is 0 Å². The Bertz CT molecular complexity index is 985. The quantitative estimate of drug-likeness (QED) is 0.741. The molecule has 0 fully saturated rings. The number of thiocarbonyl (C=S) groups is 1. The molecule has 0 saturated heterocycles. The molecule has 0 unspecified atom stereocenters. The fourth-order valence-corrected chi connectivity index (χ4v) is 3.89. The van der Waals surface area contributed by atoms with Crippen molar-refractivity contribution in [2.45, 2.75) is 27.3 Å². The molecule has 0 atom stereocenters. The fourth-order valence-electron chi connectivity index (χ4n) is 2.78. The van der Waals surface area contributed by atoms with Gasteiger partial charge in [0.1, 0.15) is 10.7 Å². The van der Waals surface area contributed by atoms with Gasteiger partial charge in [-0.05, 0) is 31.9 Å². The Morgan fingerprint density at radius 2 is 2.04 bits per heavy atom. The van der Waals surface area contributed by atoms with Gasteiger partial charge in [0.2, 0.25) is 0 Å². The molecule has 118 valence electrons. The van der Waals surface area contributed by atoms with Gasteiger partial charge in [-0.2, -0.15) is 0 Å². The van der Waals surface area contributed by atoms with Crippen LogP contribution in [0.1, 0.15) is 17.0 Å². The van der Waals surface area contributed by atoms with Gasteiger partial charge in [-0.1, -0.05) is 36.0 Å². The summed E-state index contributed by atoms with van der Waals surface area (Å²) in [5, 5.41) is 2.64. The number of fused-ring (bicyclic) bond motifs is 1. The van der Waals surface area contributed by atoms with E-state index >= 15 is 0 Å². The minimum Gasteiger partial charge on any atom is -0.392 e. The molecule has 0 bridgehead atoms. The van der Waals surface area contributed by atoms with Crippen LogP contribution in [0, 0.1) is 20.8 Å². The first-order valence-corrected chi connectivity index (χ1v) is 8.52. The van der Waals surface area contributed by atoms with E-state index in [1.165, 1.54) is 16.9 Å². The standard InChI is InChI=1S/C17H17N3OS2/c1-9-4-5-12(10(2)6-9)13-8-23-16-15(13)17(21)20(7-14(18)22)11(3)19-16/h4-6,8H,7H2,1-3H3,(H2,18,22). The topological polar surface area (TPSA) is 60.9 Å². The van der Waals surface area contributed by atoms with E-state index in [0.29, 0.717) is 11.2 Å². The molecule has 0 amide bonds.